The Bertz CT molecular complexity index is 147. The minimum atomic E-state index is -0.833. The molecule has 0 aromatic carbocycles. The lowest BCUT2D eigenvalue weighted by molar-refractivity contribution is -0.134. The number of rotatable bonds is 1. The maximum atomic E-state index is 9.00. The normalized spacial score (nSPS) is 12.7. The lowest BCUT2D eigenvalue weighted by atomic mass is 10.5. The Morgan fingerprint density at radius 2 is 2.10 bits per heavy atom. The van der Waals surface area contributed by atoms with E-state index >= 15 is 0 Å². The molecular weight excluding hydrogens is 128 g/mol. The first-order valence-electron chi connectivity index (χ1n) is 3.17. The molecule has 2 heteroatoms. The zero-order valence-electron chi connectivity index (χ0n) is 6.13. The van der Waals surface area contributed by atoms with E-state index in [2.05, 4.69) is 12.7 Å². The maximum absolute atomic E-state index is 9.00. The van der Waals surface area contributed by atoms with Gasteiger partial charge in [0.25, 0.3) is 5.97 Å². The van der Waals surface area contributed by atoms with Crippen LogP contribution in [0.5, 0.6) is 0 Å². The first-order valence-corrected chi connectivity index (χ1v) is 3.17. The zero-order valence-corrected chi connectivity index (χ0v) is 6.13. The quantitative estimate of drug-likeness (QED) is 0.604. The predicted molar refractivity (Wildman–Crippen MR) is 40.8 cm³/mol. The zero-order chi connectivity index (χ0) is 7.98. The number of hydrogen-bond donors (Lipinski definition) is 1. The van der Waals surface area contributed by atoms with Gasteiger partial charge in [0.05, 0.1) is 0 Å². The summed E-state index contributed by atoms with van der Waals surface area (Å²) in [6.45, 7) is 4.65. The van der Waals surface area contributed by atoms with Gasteiger partial charge in [-0.15, -0.1) is 0 Å². The molecule has 0 unspecified atom stereocenters. The molecule has 0 radical (unpaired) electrons. The smallest absolute Gasteiger partial charge is 0.300 e. The molecule has 0 aromatic rings. The Morgan fingerprint density at radius 1 is 1.70 bits per heavy atom. The van der Waals surface area contributed by atoms with E-state index in [4.69, 9.17) is 9.90 Å². The standard InChI is InChI=1S/C6H8.C2H4O2/c1-2-3-6-4-5-6;1-2(3)4/h2-3H,1,4-5H2;1H3,(H,3,4). The molecule has 1 saturated carbocycles. The average Bonchev–Trinajstić information content (AvgIpc) is 2.48. The van der Waals surface area contributed by atoms with E-state index in [9.17, 15) is 0 Å². The van der Waals surface area contributed by atoms with E-state index in [1.807, 2.05) is 6.08 Å². The summed E-state index contributed by atoms with van der Waals surface area (Å²) in [7, 11) is 0. The summed E-state index contributed by atoms with van der Waals surface area (Å²) in [6, 6.07) is 0. The van der Waals surface area contributed by atoms with Gasteiger partial charge in [0, 0.05) is 6.92 Å². The van der Waals surface area contributed by atoms with E-state index in [0.29, 0.717) is 0 Å². The van der Waals surface area contributed by atoms with Crippen molar-refractivity contribution in [2.75, 3.05) is 0 Å². The van der Waals surface area contributed by atoms with Gasteiger partial charge in [-0.2, -0.15) is 0 Å². The fraction of sp³-hybridized carbons (Fsp3) is 0.375. The van der Waals surface area contributed by atoms with Gasteiger partial charge in [0.15, 0.2) is 0 Å². The summed E-state index contributed by atoms with van der Waals surface area (Å²) in [5.74, 6) is -0.833. The Kier molecular flexibility index (Phi) is 4.29. The first kappa shape index (κ1) is 8.95. The second kappa shape index (κ2) is 4.79. The molecule has 0 aliphatic heterocycles. The van der Waals surface area contributed by atoms with E-state index in [0.717, 1.165) is 6.92 Å². The van der Waals surface area contributed by atoms with Gasteiger partial charge >= 0.3 is 0 Å². The molecule has 0 saturated heterocycles. The summed E-state index contributed by atoms with van der Waals surface area (Å²) in [5, 5.41) is 7.42. The third kappa shape index (κ3) is 10.0. The van der Waals surface area contributed by atoms with Crippen LogP contribution in [0.2, 0.25) is 0 Å². The van der Waals surface area contributed by atoms with Gasteiger partial charge in [-0.1, -0.05) is 24.3 Å². The summed E-state index contributed by atoms with van der Waals surface area (Å²) < 4.78 is 0. The van der Waals surface area contributed by atoms with Gasteiger partial charge in [0.2, 0.25) is 0 Å². The van der Waals surface area contributed by atoms with Gasteiger partial charge in [-0.25, -0.2) is 0 Å². The molecule has 0 atom stereocenters. The Labute approximate surface area is 60.9 Å². The maximum Gasteiger partial charge on any atom is 0.300 e. The number of aliphatic carboxylic acids is 1. The molecule has 10 heavy (non-hydrogen) atoms. The summed E-state index contributed by atoms with van der Waals surface area (Å²) >= 11 is 0. The number of hydrogen-bond acceptors (Lipinski definition) is 1. The lowest BCUT2D eigenvalue weighted by Crippen LogP contribution is -1.78. The molecule has 0 bridgehead atoms. The van der Waals surface area contributed by atoms with Crippen molar-refractivity contribution in [2.45, 2.75) is 19.8 Å². The van der Waals surface area contributed by atoms with Crippen LogP contribution in [0.25, 0.3) is 0 Å². The van der Waals surface area contributed by atoms with E-state index in [-0.39, 0.29) is 0 Å². The minimum absolute atomic E-state index is 0.833. The van der Waals surface area contributed by atoms with Crippen molar-refractivity contribution in [3.63, 3.8) is 0 Å². The van der Waals surface area contributed by atoms with Crippen LogP contribution in [0.1, 0.15) is 19.8 Å². The highest BCUT2D eigenvalue weighted by molar-refractivity contribution is 5.62. The molecule has 56 valence electrons. The molecule has 0 spiro atoms. The topological polar surface area (TPSA) is 37.3 Å². The fourth-order valence-electron chi connectivity index (χ4n) is 0.406. The highest BCUT2D eigenvalue weighted by atomic mass is 16.4. The number of carbonyl (C=O) groups is 1. The molecule has 1 fully saturated rings. The molecule has 0 amide bonds. The molecule has 1 aliphatic rings. The first-order chi connectivity index (χ1) is 4.66. The van der Waals surface area contributed by atoms with Crippen LogP contribution in [0.4, 0.5) is 0 Å². The Hall–Kier alpha value is -1.05. The third-order valence-corrected chi connectivity index (χ3v) is 0.892. The van der Waals surface area contributed by atoms with Gasteiger partial charge in [-0.05, 0) is 12.8 Å². The van der Waals surface area contributed by atoms with Crippen molar-refractivity contribution >= 4 is 5.97 Å². The second-order valence-corrected chi connectivity index (χ2v) is 2.08. The average molecular weight is 140 g/mol. The molecule has 1 N–H and O–H groups in total. The highest BCUT2D eigenvalue weighted by Gasteiger charge is 2.07. The molecule has 2 nitrogen and oxygen atoms in total. The van der Waals surface area contributed by atoms with Gasteiger partial charge in [0.1, 0.15) is 0 Å². The molecular formula is C8H12O2. The fourth-order valence-corrected chi connectivity index (χ4v) is 0.406. The second-order valence-electron chi connectivity index (χ2n) is 2.08. The van der Waals surface area contributed by atoms with Crippen molar-refractivity contribution in [1.82, 2.24) is 0 Å². The Morgan fingerprint density at radius 3 is 2.20 bits per heavy atom. The van der Waals surface area contributed by atoms with Crippen LogP contribution in [0.3, 0.4) is 0 Å². The van der Waals surface area contributed by atoms with Crippen LogP contribution in [-0.4, -0.2) is 11.1 Å². The number of carboxylic acid groups (broad SMARTS) is 1. The van der Waals surface area contributed by atoms with Crippen molar-refractivity contribution in [3.8, 4) is 0 Å². The molecule has 0 heterocycles. The van der Waals surface area contributed by atoms with Crippen LogP contribution in [0, 0.1) is 0 Å². The SMILES string of the molecule is C=CC=C1CC1.CC(=O)O. The summed E-state index contributed by atoms with van der Waals surface area (Å²) in [5.41, 5.74) is 1.55. The van der Waals surface area contributed by atoms with E-state index < -0.39 is 5.97 Å². The third-order valence-electron chi connectivity index (χ3n) is 0.892. The summed E-state index contributed by atoms with van der Waals surface area (Å²) in [6.07, 6.45) is 6.56. The van der Waals surface area contributed by atoms with Gasteiger partial charge < -0.3 is 5.11 Å². The summed E-state index contributed by atoms with van der Waals surface area (Å²) in [4.78, 5) is 9.00. The van der Waals surface area contributed by atoms with Crippen LogP contribution in [-0.2, 0) is 4.79 Å². The molecule has 1 rings (SSSR count). The highest BCUT2D eigenvalue weighted by Crippen LogP contribution is 2.26. The van der Waals surface area contributed by atoms with Crippen molar-refractivity contribution in [2.24, 2.45) is 0 Å². The lowest BCUT2D eigenvalue weighted by Gasteiger charge is -1.59. The molecule has 1 aliphatic carbocycles. The van der Waals surface area contributed by atoms with E-state index in [1.54, 1.807) is 5.57 Å². The number of allylic oxidation sites excluding steroid dienone is 3. The van der Waals surface area contributed by atoms with Crippen LogP contribution in [0.15, 0.2) is 24.3 Å². The molecule has 0 aromatic heterocycles. The van der Waals surface area contributed by atoms with E-state index in [1.165, 1.54) is 12.8 Å². The van der Waals surface area contributed by atoms with Crippen molar-refractivity contribution in [1.29, 1.82) is 0 Å². The van der Waals surface area contributed by atoms with Crippen LogP contribution < -0.4 is 0 Å². The monoisotopic (exact) mass is 140 g/mol. The van der Waals surface area contributed by atoms with Crippen molar-refractivity contribution in [3.05, 3.63) is 24.3 Å². The minimum Gasteiger partial charge on any atom is -0.481 e. The largest absolute Gasteiger partial charge is 0.481 e. The number of carboxylic acids is 1. The van der Waals surface area contributed by atoms with Gasteiger partial charge in [-0.3, -0.25) is 4.79 Å². The predicted octanol–water partition coefficient (Wildman–Crippen LogP) is 1.98. The Balaban J connectivity index is 0.000000180. The van der Waals surface area contributed by atoms with Crippen LogP contribution >= 0.6 is 0 Å². The van der Waals surface area contributed by atoms with Crippen molar-refractivity contribution < 1.29 is 9.90 Å².